The van der Waals surface area contributed by atoms with Crippen LogP contribution in [0.25, 0.3) is 110 Å². The molecule has 16 rings (SSSR count). The van der Waals surface area contributed by atoms with Gasteiger partial charge in [0.15, 0.2) is 11.2 Å². The minimum atomic E-state index is 0.353. The largest absolute Gasteiger partial charge is 0.453 e. The summed E-state index contributed by atoms with van der Waals surface area (Å²) in [6.45, 7) is 13.7. The summed E-state index contributed by atoms with van der Waals surface area (Å²) >= 11 is 0. The van der Waals surface area contributed by atoms with E-state index in [9.17, 15) is 0 Å². The molecule has 0 aliphatic heterocycles. The second kappa shape index (κ2) is 21.9. The second-order valence-electron chi connectivity index (χ2n) is 26.1. The van der Waals surface area contributed by atoms with E-state index >= 15 is 0 Å². The molecule has 2 heterocycles. The fourth-order valence-electron chi connectivity index (χ4n) is 16.0. The molecular weight excluding hydrogens is 1070 g/mol. The molecule has 0 radical (unpaired) electrons. The summed E-state index contributed by atoms with van der Waals surface area (Å²) in [5, 5.41) is 16.6. The minimum Gasteiger partial charge on any atom is -0.453 e. The highest BCUT2D eigenvalue weighted by molar-refractivity contribution is 6.31. The predicted octanol–water partition coefficient (Wildman–Crippen LogP) is 25.3. The first-order chi connectivity index (χ1) is 43.2. The maximum atomic E-state index is 7.49. The number of anilines is 5. The maximum absolute atomic E-state index is 7.49. The van der Waals surface area contributed by atoms with Crippen LogP contribution in [0.5, 0.6) is 0 Å². The molecule has 434 valence electrons. The van der Waals surface area contributed by atoms with Crippen LogP contribution in [-0.4, -0.2) is 0 Å². The maximum Gasteiger partial charge on any atom is 0.159 e. The molecule has 14 aromatic rings. The number of nitrogens with one attached hydrogen (secondary N) is 1. The third-order valence-corrected chi connectivity index (χ3v) is 20.4. The Bertz CT molecular complexity index is 5020. The molecule has 0 spiro atoms. The highest BCUT2D eigenvalue weighted by Gasteiger charge is 2.32. The Hall–Kier alpha value is -9.12. The molecule has 2 fully saturated rings. The summed E-state index contributed by atoms with van der Waals surface area (Å²) in [7, 11) is 0. The lowest BCUT2D eigenvalue weighted by Crippen LogP contribution is -2.13. The van der Waals surface area contributed by atoms with Gasteiger partial charge in [-0.3, -0.25) is 0 Å². The van der Waals surface area contributed by atoms with Gasteiger partial charge >= 0.3 is 0 Å². The molecule has 88 heavy (non-hydrogen) atoms. The third kappa shape index (κ3) is 8.83. The van der Waals surface area contributed by atoms with E-state index in [0.29, 0.717) is 23.7 Å². The molecule has 4 nitrogen and oxygen atoms in total. The van der Waals surface area contributed by atoms with Crippen LogP contribution in [0, 0.1) is 0 Å². The lowest BCUT2D eigenvalue weighted by molar-refractivity contribution is 0.670. The van der Waals surface area contributed by atoms with Crippen LogP contribution < -0.4 is 10.2 Å². The Morgan fingerprint density at radius 3 is 1.57 bits per heavy atom. The van der Waals surface area contributed by atoms with Crippen LogP contribution in [0.1, 0.15) is 150 Å². The van der Waals surface area contributed by atoms with Gasteiger partial charge in [-0.2, -0.15) is 0 Å². The summed E-state index contributed by atoms with van der Waals surface area (Å²) in [4.78, 5) is 2.57. The number of hydrogen-bond donors (Lipinski definition) is 1. The molecule has 2 aliphatic rings. The highest BCUT2D eigenvalue weighted by atomic mass is 16.3. The van der Waals surface area contributed by atoms with Gasteiger partial charge in [0.25, 0.3) is 0 Å². The number of rotatable bonds is 14. The first-order valence-electron chi connectivity index (χ1n) is 32.9. The number of para-hydroxylation sites is 3. The average Bonchev–Trinajstić information content (AvgIpc) is 0.871. The van der Waals surface area contributed by atoms with Crippen molar-refractivity contribution in [2.75, 3.05) is 10.2 Å². The second-order valence-corrected chi connectivity index (χ2v) is 26.1. The fourth-order valence-corrected chi connectivity index (χ4v) is 16.0. The van der Waals surface area contributed by atoms with Crippen molar-refractivity contribution in [3.8, 4) is 33.4 Å². The molecule has 0 unspecified atom stereocenters. The Labute approximate surface area is 517 Å². The first-order valence-corrected chi connectivity index (χ1v) is 32.9. The van der Waals surface area contributed by atoms with Gasteiger partial charge in [-0.1, -0.05) is 219 Å². The van der Waals surface area contributed by atoms with Gasteiger partial charge in [0, 0.05) is 55.0 Å². The van der Waals surface area contributed by atoms with Crippen molar-refractivity contribution in [3.63, 3.8) is 0 Å². The van der Waals surface area contributed by atoms with E-state index in [4.69, 9.17) is 8.83 Å². The quantitative estimate of drug-likeness (QED) is 0.110. The zero-order valence-electron chi connectivity index (χ0n) is 51.7. The van der Waals surface area contributed by atoms with Crippen LogP contribution in [0.15, 0.2) is 209 Å². The lowest BCUT2D eigenvalue weighted by Gasteiger charge is -2.30. The molecule has 12 aromatic carbocycles. The molecule has 2 aromatic heterocycles. The normalized spacial score (nSPS) is 14.3. The fraction of sp³-hybridized carbons (Fsp3) is 0.238. The molecule has 0 atom stereocenters. The summed E-state index contributed by atoms with van der Waals surface area (Å²) in [5.74, 6) is 1.62. The Balaban J connectivity index is 0.998. The van der Waals surface area contributed by atoms with E-state index in [2.05, 4.69) is 252 Å². The van der Waals surface area contributed by atoms with E-state index in [-0.39, 0.29) is 0 Å². The highest BCUT2D eigenvalue weighted by Crippen LogP contribution is 2.55. The van der Waals surface area contributed by atoms with E-state index in [1.54, 1.807) is 0 Å². The van der Waals surface area contributed by atoms with Crippen LogP contribution in [0.3, 0.4) is 0 Å². The van der Waals surface area contributed by atoms with Crippen molar-refractivity contribution in [1.82, 2.24) is 0 Å². The monoisotopic (exact) mass is 1140 g/mol. The summed E-state index contributed by atoms with van der Waals surface area (Å²) in [6, 6.07) is 76.2. The molecule has 0 bridgehead atoms. The molecule has 2 saturated carbocycles. The van der Waals surface area contributed by atoms with E-state index in [0.717, 1.165) is 109 Å². The van der Waals surface area contributed by atoms with Crippen molar-refractivity contribution in [2.45, 2.75) is 129 Å². The number of nitrogens with zero attached hydrogens (tertiary/aromatic N) is 1. The lowest BCUT2D eigenvalue weighted by atomic mass is 9.80. The summed E-state index contributed by atoms with van der Waals surface area (Å²) in [5.41, 5.74) is 24.3. The van der Waals surface area contributed by atoms with Crippen LogP contribution in [-0.2, 0) is 12.8 Å². The first kappa shape index (κ1) is 54.3. The standard InChI is InChI=1S/C84H76N2O2/c1-7-52-22-17-28-56(46-52)85-80-65(43-44-71-69-37-20-35-67(82(69)88-84(71)80)62-33-16-14-31-59(62)51(5)6)74-48-75-73(55-26-11-12-27-55)49-77(72-45-42-63-60(54-24-9-10-25-54)40-41-64(74)78(63)79(72)75)86(57-29-18-23-53(8-2)47-57)76-39-21-38-70-68-36-19-34-66(81(68)87-83(70)76)61-32-15-13-30-58(61)50(3)4/h13-23,28-51,54-55,85H,7-12,24-27H2,1-6H3. The Morgan fingerprint density at radius 1 is 0.386 bits per heavy atom. The number of hydrogen-bond acceptors (Lipinski definition) is 4. The average molecular weight is 1150 g/mol. The molecule has 2 aliphatic carbocycles. The predicted molar refractivity (Wildman–Crippen MR) is 375 cm³/mol. The van der Waals surface area contributed by atoms with Crippen molar-refractivity contribution < 1.29 is 8.83 Å². The zero-order valence-corrected chi connectivity index (χ0v) is 51.7. The summed E-state index contributed by atoms with van der Waals surface area (Å²) in [6.07, 6.45) is 11.6. The van der Waals surface area contributed by atoms with Gasteiger partial charge in [-0.15, -0.1) is 0 Å². The minimum absolute atomic E-state index is 0.353. The molecule has 4 heteroatoms. The van der Waals surface area contributed by atoms with E-state index in [1.165, 1.54) is 127 Å². The van der Waals surface area contributed by atoms with Gasteiger partial charge in [0.1, 0.15) is 11.2 Å². The van der Waals surface area contributed by atoms with Crippen LogP contribution in [0.4, 0.5) is 28.4 Å². The van der Waals surface area contributed by atoms with Gasteiger partial charge in [0.05, 0.1) is 17.1 Å². The Kier molecular flexibility index (Phi) is 13.5. The molecule has 0 saturated heterocycles. The van der Waals surface area contributed by atoms with Crippen LogP contribution in [0.2, 0.25) is 0 Å². The number of furan rings is 2. The van der Waals surface area contributed by atoms with E-state index in [1.807, 2.05) is 0 Å². The van der Waals surface area contributed by atoms with Gasteiger partial charge in [-0.25, -0.2) is 0 Å². The molecule has 0 amide bonds. The molecular formula is C84H76N2O2. The number of benzene rings is 12. The van der Waals surface area contributed by atoms with E-state index < -0.39 is 0 Å². The smallest absolute Gasteiger partial charge is 0.159 e. The van der Waals surface area contributed by atoms with Crippen molar-refractivity contribution in [1.29, 1.82) is 0 Å². The van der Waals surface area contributed by atoms with Crippen molar-refractivity contribution in [2.24, 2.45) is 0 Å². The number of fused-ring (bicyclic) bond motifs is 6. The van der Waals surface area contributed by atoms with Gasteiger partial charge < -0.3 is 19.1 Å². The van der Waals surface area contributed by atoms with Crippen LogP contribution >= 0.6 is 0 Å². The topological polar surface area (TPSA) is 41.5 Å². The van der Waals surface area contributed by atoms with Crippen molar-refractivity contribution >= 4 is 105 Å². The SMILES string of the molecule is CCc1cccc(Nc2c(-c3cc4c(C5CCCC5)cc(N(c5cccc(CC)c5)c5cccc6c5oc5c(-c7ccccc7C(C)C)cccc56)c5ccc6c(C7CCCC7)ccc3c6c45)ccc3c2oc2c(-c4ccccc4C(C)C)cccc23)c1. The Morgan fingerprint density at radius 2 is 0.909 bits per heavy atom. The number of aryl methyl sites for hydroxylation is 2. The zero-order chi connectivity index (χ0) is 59.3. The van der Waals surface area contributed by atoms with Gasteiger partial charge in [0.2, 0.25) is 0 Å². The molecule has 1 N–H and O–H groups in total. The summed E-state index contributed by atoms with van der Waals surface area (Å²) < 4.78 is 15.0. The van der Waals surface area contributed by atoms with Gasteiger partial charge in [-0.05, 0) is 188 Å². The van der Waals surface area contributed by atoms with Crippen molar-refractivity contribution in [3.05, 3.63) is 234 Å². The third-order valence-electron chi connectivity index (χ3n) is 20.4.